The Morgan fingerprint density at radius 2 is 2.09 bits per heavy atom. The highest BCUT2D eigenvalue weighted by Gasteiger charge is 2.28. The highest BCUT2D eigenvalue weighted by atomic mass is 32.1. The molecule has 0 N–H and O–H groups in total. The first-order chi connectivity index (χ1) is 11.2. The number of thiophene rings is 1. The van der Waals surface area contributed by atoms with Crippen molar-refractivity contribution in [3.05, 3.63) is 57.0 Å². The quantitative estimate of drug-likeness (QED) is 0.842. The minimum absolute atomic E-state index is 0.0970. The van der Waals surface area contributed by atoms with E-state index in [2.05, 4.69) is 6.07 Å². The van der Waals surface area contributed by atoms with E-state index in [-0.39, 0.29) is 17.8 Å². The number of morpholine rings is 1. The molecule has 1 aliphatic carbocycles. The van der Waals surface area contributed by atoms with E-state index in [1.807, 2.05) is 4.90 Å². The van der Waals surface area contributed by atoms with Crippen molar-refractivity contribution in [3.63, 3.8) is 0 Å². The monoisotopic (exact) mass is 331 g/mol. The summed E-state index contributed by atoms with van der Waals surface area (Å²) in [6.45, 7) is 1.64. The Kier molecular flexibility index (Phi) is 3.91. The second-order valence-electron chi connectivity index (χ2n) is 6.07. The van der Waals surface area contributed by atoms with Gasteiger partial charge in [-0.3, -0.25) is 4.79 Å². The summed E-state index contributed by atoms with van der Waals surface area (Å²) in [5.41, 5.74) is 2.26. The minimum Gasteiger partial charge on any atom is -0.370 e. The lowest BCUT2D eigenvalue weighted by molar-refractivity contribution is -0.0226. The predicted molar refractivity (Wildman–Crippen MR) is 87.3 cm³/mol. The maximum Gasteiger partial charge on any atom is 0.264 e. The van der Waals surface area contributed by atoms with Gasteiger partial charge in [0.15, 0.2) is 0 Å². The molecular weight excluding hydrogens is 313 g/mol. The summed E-state index contributed by atoms with van der Waals surface area (Å²) >= 11 is 1.64. The minimum atomic E-state index is -0.259. The number of aryl methyl sites for hydroxylation is 2. The lowest BCUT2D eigenvalue weighted by atomic mass is 10.1. The van der Waals surface area contributed by atoms with E-state index in [9.17, 15) is 9.18 Å². The highest BCUT2D eigenvalue weighted by molar-refractivity contribution is 7.14. The third-order valence-electron chi connectivity index (χ3n) is 4.55. The van der Waals surface area contributed by atoms with Crippen LogP contribution < -0.4 is 0 Å². The Balaban J connectivity index is 1.50. The van der Waals surface area contributed by atoms with Gasteiger partial charge in [0.1, 0.15) is 11.9 Å². The van der Waals surface area contributed by atoms with Gasteiger partial charge in [-0.15, -0.1) is 11.3 Å². The Morgan fingerprint density at radius 1 is 1.26 bits per heavy atom. The number of carbonyl (C=O) groups is 1. The average Bonchev–Trinajstić information content (AvgIpc) is 3.16. The fourth-order valence-corrected chi connectivity index (χ4v) is 4.52. The van der Waals surface area contributed by atoms with Crippen LogP contribution in [0.4, 0.5) is 4.39 Å². The number of fused-ring (bicyclic) bond motifs is 1. The standard InChI is InChI=1S/C18H18FNO2S/c19-14-6-4-12(5-7-14)15-11-20(8-9-22-15)18(21)17-10-13-2-1-3-16(13)23-17/h4-7,10,15H,1-3,8-9,11H2. The third-order valence-corrected chi connectivity index (χ3v) is 5.78. The SMILES string of the molecule is O=C(c1cc2c(s1)CCC2)N1CCOC(c2ccc(F)cc2)C1. The normalized spacial score (nSPS) is 20.6. The molecule has 1 amide bonds. The maximum atomic E-state index is 13.1. The summed E-state index contributed by atoms with van der Waals surface area (Å²) in [5, 5.41) is 0. The third kappa shape index (κ3) is 2.91. The molecule has 1 atom stereocenters. The summed E-state index contributed by atoms with van der Waals surface area (Å²) < 4.78 is 18.8. The smallest absolute Gasteiger partial charge is 0.264 e. The molecular formula is C18H18FNO2S. The van der Waals surface area contributed by atoms with E-state index in [4.69, 9.17) is 4.74 Å². The first-order valence-corrected chi connectivity index (χ1v) is 8.80. The van der Waals surface area contributed by atoms with Crippen LogP contribution in [-0.4, -0.2) is 30.5 Å². The molecule has 2 aliphatic rings. The maximum absolute atomic E-state index is 13.1. The lowest BCUT2D eigenvalue weighted by Crippen LogP contribution is -2.42. The van der Waals surface area contributed by atoms with Gasteiger partial charge in [0, 0.05) is 11.4 Å². The summed E-state index contributed by atoms with van der Waals surface area (Å²) in [6.07, 6.45) is 3.23. The van der Waals surface area contributed by atoms with Crippen molar-refractivity contribution in [1.82, 2.24) is 4.90 Å². The molecule has 1 aliphatic heterocycles. The van der Waals surface area contributed by atoms with Crippen molar-refractivity contribution in [3.8, 4) is 0 Å². The molecule has 0 bridgehead atoms. The van der Waals surface area contributed by atoms with Crippen molar-refractivity contribution < 1.29 is 13.9 Å². The molecule has 1 fully saturated rings. The van der Waals surface area contributed by atoms with Gasteiger partial charge < -0.3 is 9.64 Å². The van der Waals surface area contributed by atoms with Crippen LogP contribution >= 0.6 is 11.3 Å². The van der Waals surface area contributed by atoms with Gasteiger partial charge in [0.25, 0.3) is 5.91 Å². The van der Waals surface area contributed by atoms with Gasteiger partial charge in [-0.2, -0.15) is 0 Å². The van der Waals surface area contributed by atoms with E-state index in [1.165, 1.54) is 29.0 Å². The predicted octanol–water partition coefficient (Wildman–Crippen LogP) is 3.59. The molecule has 120 valence electrons. The van der Waals surface area contributed by atoms with Gasteiger partial charge in [-0.1, -0.05) is 12.1 Å². The zero-order valence-corrected chi connectivity index (χ0v) is 13.6. The Labute approximate surface area is 138 Å². The lowest BCUT2D eigenvalue weighted by Gasteiger charge is -2.33. The van der Waals surface area contributed by atoms with Gasteiger partial charge in [-0.05, 0) is 48.6 Å². The van der Waals surface area contributed by atoms with Crippen LogP contribution in [0.2, 0.25) is 0 Å². The average molecular weight is 331 g/mol. The fourth-order valence-electron chi connectivity index (χ4n) is 3.30. The van der Waals surface area contributed by atoms with Crippen molar-refractivity contribution in [1.29, 1.82) is 0 Å². The number of halogens is 1. The highest BCUT2D eigenvalue weighted by Crippen LogP contribution is 2.32. The molecule has 2 aromatic rings. The van der Waals surface area contributed by atoms with E-state index in [0.29, 0.717) is 19.7 Å². The Bertz CT molecular complexity index is 704. The van der Waals surface area contributed by atoms with Crippen LogP contribution in [-0.2, 0) is 17.6 Å². The molecule has 0 radical (unpaired) electrons. The van der Waals surface area contributed by atoms with E-state index in [0.717, 1.165) is 23.3 Å². The van der Waals surface area contributed by atoms with Gasteiger partial charge >= 0.3 is 0 Å². The van der Waals surface area contributed by atoms with Crippen LogP contribution in [0.1, 0.15) is 38.2 Å². The van der Waals surface area contributed by atoms with Crippen LogP contribution in [0.15, 0.2) is 30.3 Å². The summed E-state index contributed by atoms with van der Waals surface area (Å²) in [6, 6.07) is 8.39. The largest absolute Gasteiger partial charge is 0.370 e. The Hall–Kier alpha value is -1.72. The van der Waals surface area contributed by atoms with Crippen molar-refractivity contribution >= 4 is 17.2 Å². The van der Waals surface area contributed by atoms with E-state index in [1.54, 1.807) is 23.5 Å². The molecule has 23 heavy (non-hydrogen) atoms. The molecule has 0 saturated carbocycles. The number of carbonyl (C=O) groups excluding carboxylic acids is 1. The van der Waals surface area contributed by atoms with Gasteiger partial charge in [-0.25, -0.2) is 4.39 Å². The number of nitrogens with zero attached hydrogens (tertiary/aromatic N) is 1. The summed E-state index contributed by atoms with van der Waals surface area (Å²) in [5.74, 6) is -0.162. The van der Waals surface area contributed by atoms with Crippen LogP contribution in [0.25, 0.3) is 0 Å². The number of rotatable bonds is 2. The molecule has 1 aromatic carbocycles. The fraction of sp³-hybridized carbons (Fsp3) is 0.389. The first kappa shape index (κ1) is 14.8. The van der Waals surface area contributed by atoms with Crippen molar-refractivity contribution in [2.45, 2.75) is 25.4 Å². The number of hydrogen-bond donors (Lipinski definition) is 0. The number of hydrogen-bond acceptors (Lipinski definition) is 3. The van der Waals surface area contributed by atoms with Crippen LogP contribution in [0.3, 0.4) is 0 Å². The molecule has 2 heterocycles. The van der Waals surface area contributed by atoms with E-state index < -0.39 is 0 Å². The number of ether oxygens (including phenoxy) is 1. The second kappa shape index (κ2) is 6.06. The van der Waals surface area contributed by atoms with Crippen LogP contribution in [0.5, 0.6) is 0 Å². The van der Waals surface area contributed by atoms with Crippen molar-refractivity contribution in [2.75, 3.05) is 19.7 Å². The first-order valence-electron chi connectivity index (χ1n) is 7.98. The summed E-state index contributed by atoms with van der Waals surface area (Å²) in [4.78, 5) is 16.8. The molecule has 4 rings (SSSR count). The molecule has 1 saturated heterocycles. The number of amides is 1. The van der Waals surface area contributed by atoms with Gasteiger partial charge in [0.05, 0.1) is 18.0 Å². The van der Waals surface area contributed by atoms with Gasteiger partial charge in [0.2, 0.25) is 0 Å². The molecule has 1 aromatic heterocycles. The molecule has 1 unspecified atom stereocenters. The molecule has 0 spiro atoms. The summed E-state index contributed by atoms with van der Waals surface area (Å²) in [7, 11) is 0. The second-order valence-corrected chi connectivity index (χ2v) is 7.21. The molecule has 3 nitrogen and oxygen atoms in total. The zero-order chi connectivity index (χ0) is 15.8. The Morgan fingerprint density at radius 3 is 2.87 bits per heavy atom. The van der Waals surface area contributed by atoms with Crippen LogP contribution in [0, 0.1) is 5.82 Å². The topological polar surface area (TPSA) is 29.5 Å². The number of benzene rings is 1. The zero-order valence-electron chi connectivity index (χ0n) is 12.8. The van der Waals surface area contributed by atoms with Crippen molar-refractivity contribution in [2.24, 2.45) is 0 Å². The molecule has 5 heteroatoms. The van der Waals surface area contributed by atoms with E-state index >= 15 is 0 Å².